The molecule has 0 saturated heterocycles. The van der Waals surface area contributed by atoms with Crippen molar-refractivity contribution in [1.29, 1.82) is 0 Å². The van der Waals surface area contributed by atoms with Crippen molar-refractivity contribution < 1.29 is 13.5 Å². The number of hydrogen-bond donors (Lipinski definition) is 0. The molecule has 0 unspecified atom stereocenters. The van der Waals surface area contributed by atoms with Gasteiger partial charge >= 0.3 is 0 Å². The van der Waals surface area contributed by atoms with E-state index < -0.39 is 6.10 Å². The predicted molar refractivity (Wildman–Crippen MR) is 85.2 cm³/mol. The monoisotopic (exact) mass is 352 g/mol. The van der Waals surface area contributed by atoms with Gasteiger partial charge in [-0.25, -0.2) is 4.39 Å². The Kier molecular flexibility index (Phi) is 4.50. The molecule has 1 aromatic heterocycles. The summed E-state index contributed by atoms with van der Waals surface area (Å²) in [5.41, 5.74) is 0.627. The molecule has 4 nitrogen and oxygen atoms in total. The highest BCUT2D eigenvalue weighted by Crippen LogP contribution is 2.31. The Balaban J connectivity index is 1.78. The lowest BCUT2D eigenvalue weighted by molar-refractivity contribution is 0.190. The van der Waals surface area contributed by atoms with Gasteiger partial charge < -0.3 is 9.15 Å². The van der Waals surface area contributed by atoms with Gasteiger partial charge in [-0.1, -0.05) is 23.2 Å². The van der Waals surface area contributed by atoms with Crippen LogP contribution in [-0.2, 0) is 0 Å². The van der Waals surface area contributed by atoms with E-state index in [2.05, 4.69) is 10.2 Å². The molecular weight excluding hydrogens is 342 g/mol. The molecule has 0 spiro atoms. The van der Waals surface area contributed by atoms with Crippen molar-refractivity contribution in [3.8, 4) is 17.2 Å². The Morgan fingerprint density at radius 3 is 2.52 bits per heavy atom. The van der Waals surface area contributed by atoms with Gasteiger partial charge in [-0.3, -0.25) is 0 Å². The number of halogens is 3. The van der Waals surface area contributed by atoms with E-state index in [9.17, 15) is 4.39 Å². The number of rotatable bonds is 4. The molecule has 23 heavy (non-hydrogen) atoms. The van der Waals surface area contributed by atoms with Crippen LogP contribution in [0.5, 0.6) is 5.75 Å². The van der Waals surface area contributed by atoms with Crippen molar-refractivity contribution in [2.75, 3.05) is 0 Å². The number of aromatic nitrogens is 2. The molecule has 0 aliphatic rings. The Labute approximate surface area is 141 Å². The summed E-state index contributed by atoms with van der Waals surface area (Å²) in [6.45, 7) is 1.76. The summed E-state index contributed by atoms with van der Waals surface area (Å²) in [5.74, 6) is 0.709. The molecule has 1 atom stereocenters. The molecule has 0 fully saturated rings. The summed E-state index contributed by atoms with van der Waals surface area (Å²) in [7, 11) is 0. The first-order valence-electron chi connectivity index (χ1n) is 6.74. The van der Waals surface area contributed by atoms with Crippen LogP contribution in [0.25, 0.3) is 11.5 Å². The molecular formula is C16H11Cl2FN2O2. The zero-order valence-electron chi connectivity index (χ0n) is 12.0. The molecule has 0 aliphatic heterocycles. The van der Waals surface area contributed by atoms with Crippen LogP contribution in [-0.4, -0.2) is 10.2 Å². The van der Waals surface area contributed by atoms with Gasteiger partial charge in [0.1, 0.15) is 11.6 Å². The lowest BCUT2D eigenvalue weighted by atomic mass is 10.2. The molecule has 0 radical (unpaired) electrons. The van der Waals surface area contributed by atoms with Crippen molar-refractivity contribution >= 4 is 23.2 Å². The third-order valence-electron chi connectivity index (χ3n) is 3.08. The summed E-state index contributed by atoms with van der Waals surface area (Å²) in [6, 6.07) is 10.7. The molecule has 3 aromatic rings. The van der Waals surface area contributed by atoms with E-state index in [1.54, 1.807) is 37.3 Å². The highest BCUT2D eigenvalue weighted by molar-refractivity contribution is 6.35. The summed E-state index contributed by atoms with van der Waals surface area (Å²) >= 11 is 11.9. The molecule has 3 rings (SSSR count). The van der Waals surface area contributed by atoms with E-state index in [4.69, 9.17) is 32.4 Å². The SMILES string of the molecule is C[C@H](Oc1ccc(Cl)cc1Cl)c1nnc(-c2ccc(F)cc2)o1. The van der Waals surface area contributed by atoms with Crippen molar-refractivity contribution in [2.24, 2.45) is 0 Å². The van der Waals surface area contributed by atoms with Gasteiger partial charge in [0.25, 0.3) is 5.89 Å². The van der Waals surface area contributed by atoms with Crippen molar-refractivity contribution in [2.45, 2.75) is 13.0 Å². The van der Waals surface area contributed by atoms with E-state index in [-0.39, 0.29) is 17.6 Å². The Hall–Kier alpha value is -2.11. The highest BCUT2D eigenvalue weighted by atomic mass is 35.5. The van der Waals surface area contributed by atoms with Crippen LogP contribution in [0.3, 0.4) is 0 Å². The largest absolute Gasteiger partial charge is 0.479 e. The van der Waals surface area contributed by atoms with Gasteiger partial charge in [0.05, 0.1) is 5.02 Å². The smallest absolute Gasteiger partial charge is 0.257 e. The number of benzene rings is 2. The lowest BCUT2D eigenvalue weighted by Crippen LogP contribution is -2.03. The normalized spacial score (nSPS) is 12.2. The van der Waals surface area contributed by atoms with Crippen LogP contribution in [0, 0.1) is 5.82 Å². The maximum atomic E-state index is 12.9. The van der Waals surface area contributed by atoms with Crippen molar-refractivity contribution in [3.05, 3.63) is 64.2 Å². The maximum absolute atomic E-state index is 12.9. The van der Waals surface area contributed by atoms with E-state index in [0.717, 1.165) is 0 Å². The minimum atomic E-state index is -0.504. The third-order valence-corrected chi connectivity index (χ3v) is 3.61. The zero-order chi connectivity index (χ0) is 16.4. The van der Waals surface area contributed by atoms with Crippen LogP contribution < -0.4 is 4.74 Å². The van der Waals surface area contributed by atoms with Crippen LogP contribution in [0.2, 0.25) is 10.0 Å². The van der Waals surface area contributed by atoms with Crippen LogP contribution in [0.15, 0.2) is 46.9 Å². The molecule has 7 heteroatoms. The molecule has 1 heterocycles. The first kappa shape index (κ1) is 15.8. The standard InChI is InChI=1S/C16H11Cl2FN2O2/c1-9(22-14-7-4-11(17)8-13(14)18)15-20-21-16(23-15)10-2-5-12(19)6-3-10/h2-9H,1H3/t9-/m0/s1. The maximum Gasteiger partial charge on any atom is 0.257 e. The lowest BCUT2D eigenvalue weighted by Gasteiger charge is -2.12. The van der Waals surface area contributed by atoms with Gasteiger partial charge in [0.2, 0.25) is 5.89 Å². The summed E-state index contributed by atoms with van der Waals surface area (Å²) in [4.78, 5) is 0. The topological polar surface area (TPSA) is 48.2 Å². The fourth-order valence-electron chi connectivity index (χ4n) is 1.92. The summed E-state index contributed by atoms with van der Waals surface area (Å²) in [5, 5.41) is 8.81. The molecule has 2 aromatic carbocycles. The van der Waals surface area contributed by atoms with E-state index in [1.165, 1.54) is 12.1 Å². The number of nitrogens with zero attached hydrogens (tertiary/aromatic N) is 2. The van der Waals surface area contributed by atoms with Gasteiger partial charge in [-0.2, -0.15) is 0 Å². The molecule has 0 aliphatic carbocycles. The molecule has 0 amide bonds. The van der Waals surface area contributed by atoms with Gasteiger partial charge in [0.15, 0.2) is 6.10 Å². The summed E-state index contributed by atoms with van der Waals surface area (Å²) < 4.78 is 24.2. The van der Waals surface area contributed by atoms with Crippen molar-refractivity contribution in [1.82, 2.24) is 10.2 Å². The van der Waals surface area contributed by atoms with Crippen LogP contribution in [0.4, 0.5) is 4.39 Å². The average molecular weight is 353 g/mol. The Morgan fingerprint density at radius 1 is 1.09 bits per heavy atom. The second-order valence-corrected chi connectivity index (χ2v) is 5.63. The van der Waals surface area contributed by atoms with Crippen LogP contribution in [0.1, 0.15) is 18.9 Å². The fourth-order valence-corrected chi connectivity index (χ4v) is 2.37. The first-order valence-corrected chi connectivity index (χ1v) is 7.49. The number of hydrogen-bond acceptors (Lipinski definition) is 4. The predicted octanol–water partition coefficient (Wildman–Crippen LogP) is 5.32. The Morgan fingerprint density at radius 2 is 1.83 bits per heavy atom. The van der Waals surface area contributed by atoms with Gasteiger partial charge in [0, 0.05) is 10.6 Å². The minimum Gasteiger partial charge on any atom is -0.479 e. The zero-order valence-corrected chi connectivity index (χ0v) is 13.5. The third kappa shape index (κ3) is 3.63. The van der Waals surface area contributed by atoms with Gasteiger partial charge in [-0.05, 0) is 49.4 Å². The molecule has 0 N–H and O–H groups in total. The second kappa shape index (κ2) is 6.56. The van der Waals surface area contributed by atoms with Crippen molar-refractivity contribution in [3.63, 3.8) is 0 Å². The molecule has 118 valence electrons. The van der Waals surface area contributed by atoms with Crippen LogP contribution >= 0.6 is 23.2 Å². The summed E-state index contributed by atoms with van der Waals surface area (Å²) in [6.07, 6.45) is -0.504. The van der Waals surface area contributed by atoms with E-state index >= 15 is 0 Å². The first-order chi connectivity index (χ1) is 11.0. The van der Waals surface area contributed by atoms with E-state index in [1.807, 2.05) is 0 Å². The Bertz CT molecular complexity index is 821. The minimum absolute atomic E-state index is 0.287. The fraction of sp³-hybridized carbons (Fsp3) is 0.125. The second-order valence-electron chi connectivity index (χ2n) is 4.79. The van der Waals surface area contributed by atoms with E-state index in [0.29, 0.717) is 21.4 Å². The van der Waals surface area contributed by atoms with Gasteiger partial charge in [-0.15, -0.1) is 10.2 Å². The quantitative estimate of drug-likeness (QED) is 0.637. The number of ether oxygens (including phenoxy) is 1. The molecule has 0 bridgehead atoms. The molecule has 0 saturated carbocycles. The average Bonchev–Trinajstić information content (AvgIpc) is 3.01. The highest BCUT2D eigenvalue weighted by Gasteiger charge is 2.18.